The molecule has 2 aromatic carbocycles. The van der Waals surface area contributed by atoms with Gasteiger partial charge >= 0.3 is 11.9 Å². The van der Waals surface area contributed by atoms with Crippen molar-refractivity contribution in [2.45, 2.75) is 19.8 Å². The minimum Gasteiger partial charge on any atom is -0.481 e. The summed E-state index contributed by atoms with van der Waals surface area (Å²) >= 11 is 0. The summed E-state index contributed by atoms with van der Waals surface area (Å²) in [5.74, 6) is -3.51. The first kappa shape index (κ1) is 26.9. The SMILES string of the molecule is [C-]#[N+]C1=C(C)/C(=C/C=Cc2ccc(N3CCCC3)cc2OCC(=O)O)C(=O)N(c2cccc(C(=O)O)c2)C1=O. The minimum atomic E-state index is -1.22. The first-order valence-corrected chi connectivity index (χ1v) is 12.1. The average molecular weight is 528 g/mol. The van der Waals surface area contributed by atoms with Gasteiger partial charge in [0.05, 0.1) is 17.8 Å². The first-order chi connectivity index (χ1) is 18.7. The highest BCUT2D eigenvalue weighted by Gasteiger charge is 2.36. The van der Waals surface area contributed by atoms with Crippen LogP contribution in [-0.4, -0.2) is 53.7 Å². The van der Waals surface area contributed by atoms with Crippen LogP contribution in [0.25, 0.3) is 10.9 Å². The molecule has 0 aliphatic carbocycles. The van der Waals surface area contributed by atoms with Crippen LogP contribution in [0.2, 0.25) is 0 Å². The van der Waals surface area contributed by atoms with E-state index in [1.54, 1.807) is 24.3 Å². The first-order valence-electron chi connectivity index (χ1n) is 12.1. The number of anilines is 2. The number of carbonyl (C=O) groups is 4. The lowest BCUT2D eigenvalue weighted by molar-refractivity contribution is -0.139. The molecule has 10 nitrogen and oxygen atoms in total. The Hall–Kier alpha value is -5.17. The summed E-state index contributed by atoms with van der Waals surface area (Å²) < 4.78 is 5.52. The second kappa shape index (κ2) is 11.5. The lowest BCUT2D eigenvalue weighted by Gasteiger charge is -2.27. The largest absolute Gasteiger partial charge is 0.481 e. The molecule has 0 unspecified atom stereocenters. The van der Waals surface area contributed by atoms with Crippen molar-refractivity contribution in [2.24, 2.45) is 0 Å². The molecule has 2 heterocycles. The lowest BCUT2D eigenvalue weighted by Crippen LogP contribution is -2.42. The Kier molecular flexibility index (Phi) is 7.91. The number of ether oxygens (including phenoxy) is 1. The summed E-state index contributed by atoms with van der Waals surface area (Å²) in [6.07, 6.45) is 6.81. The molecule has 39 heavy (non-hydrogen) atoms. The number of nitrogens with zero attached hydrogens (tertiary/aromatic N) is 3. The van der Waals surface area contributed by atoms with Gasteiger partial charge in [0.15, 0.2) is 6.61 Å². The molecule has 2 aliphatic heterocycles. The van der Waals surface area contributed by atoms with Crippen molar-refractivity contribution in [3.63, 3.8) is 0 Å². The Labute approximate surface area is 224 Å². The van der Waals surface area contributed by atoms with Crippen LogP contribution in [0.15, 0.2) is 71.5 Å². The number of amides is 2. The summed E-state index contributed by atoms with van der Waals surface area (Å²) in [6.45, 7) is 10.3. The van der Waals surface area contributed by atoms with Crippen molar-refractivity contribution in [3.05, 3.63) is 94.0 Å². The maximum Gasteiger partial charge on any atom is 0.341 e. The molecular weight excluding hydrogens is 502 g/mol. The summed E-state index contributed by atoms with van der Waals surface area (Å²) in [7, 11) is 0. The molecule has 2 aromatic rings. The maximum absolute atomic E-state index is 13.4. The molecule has 1 saturated heterocycles. The smallest absolute Gasteiger partial charge is 0.341 e. The number of rotatable bonds is 8. The normalized spacial score (nSPS) is 16.8. The molecule has 2 N–H and O–H groups in total. The molecule has 0 bridgehead atoms. The molecule has 0 atom stereocenters. The van der Waals surface area contributed by atoms with Gasteiger partial charge in [-0.05, 0) is 55.7 Å². The predicted molar refractivity (Wildman–Crippen MR) is 143 cm³/mol. The van der Waals surface area contributed by atoms with Crippen molar-refractivity contribution in [1.29, 1.82) is 0 Å². The minimum absolute atomic E-state index is 0.0373. The number of carboxylic acid groups (broad SMARTS) is 2. The van der Waals surface area contributed by atoms with Crippen LogP contribution >= 0.6 is 0 Å². The molecule has 10 heteroatoms. The third-order valence-electron chi connectivity index (χ3n) is 6.42. The van der Waals surface area contributed by atoms with E-state index in [1.807, 2.05) is 6.07 Å². The Bertz CT molecular complexity index is 1490. The fourth-order valence-electron chi connectivity index (χ4n) is 4.45. The lowest BCUT2D eigenvalue weighted by atomic mass is 9.97. The Morgan fingerprint density at radius 2 is 1.79 bits per heavy atom. The molecule has 0 saturated carbocycles. The summed E-state index contributed by atoms with van der Waals surface area (Å²) in [5, 5.41) is 18.4. The van der Waals surface area contributed by atoms with Crippen LogP contribution in [0.5, 0.6) is 5.75 Å². The van der Waals surface area contributed by atoms with Crippen LogP contribution < -0.4 is 14.5 Å². The molecule has 0 aromatic heterocycles. The van der Waals surface area contributed by atoms with Gasteiger partial charge in [-0.15, -0.1) is 0 Å². The van der Waals surface area contributed by atoms with E-state index in [9.17, 15) is 24.3 Å². The number of hydrogen-bond donors (Lipinski definition) is 2. The molecule has 4 rings (SSSR count). The quantitative estimate of drug-likeness (QED) is 0.298. The van der Waals surface area contributed by atoms with Gasteiger partial charge in [-0.3, -0.25) is 14.5 Å². The van der Waals surface area contributed by atoms with Crippen LogP contribution in [0, 0.1) is 6.57 Å². The molecule has 0 radical (unpaired) electrons. The van der Waals surface area contributed by atoms with Crippen LogP contribution in [0.1, 0.15) is 35.7 Å². The Morgan fingerprint density at radius 3 is 2.46 bits per heavy atom. The van der Waals surface area contributed by atoms with Crippen molar-refractivity contribution in [2.75, 3.05) is 29.5 Å². The highest BCUT2D eigenvalue weighted by Crippen LogP contribution is 2.32. The highest BCUT2D eigenvalue weighted by molar-refractivity contribution is 6.30. The van der Waals surface area contributed by atoms with Crippen molar-refractivity contribution in [1.82, 2.24) is 0 Å². The van der Waals surface area contributed by atoms with Gasteiger partial charge in [-0.25, -0.2) is 14.4 Å². The van der Waals surface area contributed by atoms with E-state index < -0.39 is 30.4 Å². The van der Waals surface area contributed by atoms with Gasteiger partial charge in [0, 0.05) is 36.0 Å². The standard InChI is InChI=1S/C29H25N3O7/c1-18-23(27(35)32(28(36)26(18)30-2)22-9-5-8-20(15-22)29(37)38)10-6-7-19-11-12-21(31-13-3-4-14-31)16-24(19)39-17-25(33)34/h5-12,15-16H,3-4,13-14,17H2,1H3,(H,33,34)(H,37,38)/b7-6?,23-10-. The van der Waals surface area contributed by atoms with Gasteiger partial charge in [-0.2, -0.15) is 0 Å². The molecule has 198 valence electrons. The van der Waals surface area contributed by atoms with Crippen LogP contribution in [0.3, 0.4) is 0 Å². The van der Waals surface area contributed by atoms with E-state index in [4.69, 9.17) is 16.4 Å². The molecule has 2 aliphatic rings. The number of carboxylic acids is 2. The molecule has 1 fully saturated rings. The van der Waals surface area contributed by atoms with E-state index in [-0.39, 0.29) is 28.1 Å². The number of benzene rings is 2. The van der Waals surface area contributed by atoms with Crippen LogP contribution in [-0.2, 0) is 14.4 Å². The summed E-state index contributed by atoms with van der Waals surface area (Å²) in [5.41, 5.74) is 1.45. The number of aromatic carboxylic acids is 1. The fraction of sp³-hybridized carbons (Fsp3) is 0.207. The zero-order chi connectivity index (χ0) is 28.1. The fourth-order valence-corrected chi connectivity index (χ4v) is 4.45. The molecular formula is C29H25N3O7. The van der Waals surface area contributed by atoms with Gasteiger partial charge in [-0.1, -0.05) is 24.3 Å². The number of aliphatic carboxylic acids is 1. The van der Waals surface area contributed by atoms with Gasteiger partial charge in [0.1, 0.15) is 5.75 Å². The summed E-state index contributed by atoms with van der Waals surface area (Å²) in [4.78, 5) is 55.2. The van der Waals surface area contributed by atoms with E-state index in [0.29, 0.717) is 11.3 Å². The van der Waals surface area contributed by atoms with E-state index in [0.717, 1.165) is 36.5 Å². The maximum atomic E-state index is 13.4. The molecule has 0 spiro atoms. The van der Waals surface area contributed by atoms with Crippen molar-refractivity contribution in [3.8, 4) is 5.75 Å². The Balaban J connectivity index is 1.69. The third-order valence-corrected chi connectivity index (χ3v) is 6.42. The topological polar surface area (TPSA) is 129 Å². The zero-order valence-corrected chi connectivity index (χ0v) is 21.1. The van der Waals surface area contributed by atoms with E-state index in [1.165, 1.54) is 37.3 Å². The van der Waals surface area contributed by atoms with Crippen molar-refractivity contribution < 1.29 is 34.1 Å². The van der Waals surface area contributed by atoms with Crippen LogP contribution in [0.4, 0.5) is 11.4 Å². The second-order valence-corrected chi connectivity index (χ2v) is 8.92. The van der Waals surface area contributed by atoms with Crippen molar-refractivity contribution >= 4 is 41.2 Å². The summed E-state index contributed by atoms with van der Waals surface area (Å²) in [6, 6.07) is 10.9. The predicted octanol–water partition coefficient (Wildman–Crippen LogP) is 4.15. The number of hydrogen-bond acceptors (Lipinski definition) is 6. The monoisotopic (exact) mass is 527 g/mol. The third kappa shape index (κ3) is 5.72. The number of allylic oxidation sites excluding steroid dienone is 2. The van der Waals surface area contributed by atoms with Gasteiger partial charge in [0.2, 0.25) is 0 Å². The highest BCUT2D eigenvalue weighted by atomic mass is 16.5. The van der Waals surface area contributed by atoms with E-state index >= 15 is 0 Å². The molecule has 2 amide bonds. The zero-order valence-electron chi connectivity index (χ0n) is 21.1. The average Bonchev–Trinajstić information content (AvgIpc) is 3.45. The number of imide groups is 1. The van der Waals surface area contributed by atoms with Gasteiger partial charge in [0.25, 0.3) is 17.5 Å². The second-order valence-electron chi connectivity index (χ2n) is 8.92. The van der Waals surface area contributed by atoms with Gasteiger partial charge < -0.3 is 19.8 Å². The number of carbonyl (C=O) groups excluding carboxylic acids is 2. The van der Waals surface area contributed by atoms with E-state index in [2.05, 4.69) is 9.74 Å². The Morgan fingerprint density at radius 1 is 1.05 bits per heavy atom.